The number of quaternary nitrogens is 1. The zero-order chi connectivity index (χ0) is 30.7. The van der Waals surface area contributed by atoms with Gasteiger partial charge >= 0.3 is 5.97 Å². The van der Waals surface area contributed by atoms with Crippen LogP contribution in [0.2, 0.25) is 0 Å². The maximum atomic E-state index is 11.9. The minimum Gasteiger partial charge on any atom is -0.756 e. The number of phosphoric ester groups is 1. The number of likely N-dealkylation sites (N-methyl/N-ethyl adjacent to an activating group) is 1. The molecule has 0 fully saturated rings. The van der Waals surface area contributed by atoms with Crippen LogP contribution in [0.3, 0.4) is 0 Å². The lowest BCUT2D eigenvalue weighted by atomic mass is 10.1. The van der Waals surface area contributed by atoms with Crippen molar-refractivity contribution in [3.63, 3.8) is 0 Å². The van der Waals surface area contributed by atoms with Crippen molar-refractivity contribution in [3.05, 3.63) is 48.6 Å². The van der Waals surface area contributed by atoms with E-state index in [1.165, 1.54) is 32.1 Å². The molecular weight excluding hydrogens is 541 g/mol. The molecule has 238 valence electrons. The molecule has 0 rings (SSSR count). The van der Waals surface area contributed by atoms with Gasteiger partial charge in [-0.05, 0) is 44.9 Å². The molecule has 2 unspecified atom stereocenters. The highest BCUT2D eigenvalue weighted by Crippen LogP contribution is 2.38. The fourth-order valence-electron chi connectivity index (χ4n) is 3.64. The molecule has 9 heteroatoms. The van der Waals surface area contributed by atoms with Crippen LogP contribution < -0.4 is 4.89 Å². The Morgan fingerprint density at radius 2 is 1.29 bits per heavy atom. The monoisotopic (exact) mass is 599 g/mol. The van der Waals surface area contributed by atoms with Crippen LogP contribution in [0.1, 0.15) is 96.8 Å². The quantitative estimate of drug-likeness (QED) is 0.0364. The molecule has 0 radical (unpaired) electrons. The van der Waals surface area contributed by atoms with Gasteiger partial charge in [0.15, 0.2) is 0 Å². The van der Waals surface area contributed by atoms with Gasteiger partial charge in [0.05, 0.1) is 27.7 Å². The minimum absolute atomic E-state index is 0.0119. The zero-order valence-corrected chi connectivity index (χ0v) is 27.1. The highest BCUT2D eigenvalue weighted by Gasteiger charge is 2.16. The third-order valence-electron chi connectivity index (χ3n) is 6.09. The number of unbranched alkanes of at least 4 members (excludes halogenated alkanes) is 8. The maximum Gasteiger partial charge on any atom is 0.305 e. The van der Waals surface area contributed by atoms with E-state index in [-0.39, 0.29) is 19.6 Å². The van der Waals surface area contributed by atoms with Gasteiger partial charge in [-0.3, -0.25) is 9.36 Å². The SMILES string of the molecule is CC/C=C\C/C=C\C/C=C\C/C=C\CCCCCCCCCCC(=O)OCC(O)COP(=O)([O-])OCC[N+](C)(C)C. The van der Waals surface area contributed by atoms with Gasteiger partial charge in [-0.2, -0.15) is 0 Å². The van der Waals surface area contributed by atoms with Crippen molar-refractivity contribution < 1.29 is 37.6 Å². The van der Waals surface area contributed by atoms with E-state index in [0.717, 1.165) is 51.4 Å². The van der Waals surface area contributed by atoms with Gasteiger partial charge in [-0.25, -0.2) is 0 Å². The van der Waals surface area contributed by atoms with E-state index in [1.54, 1.807) is 0 Å². The predicted octanol–water partition coefficient (Wildman–Crippen LogP) is 6.80. The van der Waals surface area contributed by atoms with Gasteiger partial charge in [-0.1, -0.05) is 94.1 Å². The number of rotatable bonds is 27. The lowest BCUT2D eigenvalue weighted by Crippen LogP contribution is -2.37. The molecule has 0 aromatic carbocycles. The summed E-state index contributed by atoms with van der Waals surface area (Å²) in [5.41, 5.74) is 0. The Kier molecular flexibility index (Phi) is 25.1. The largest absolute Gasteiger partial charge is 0.756 e. The van der Waals surface area contributed by atoms with Gasteiger partial charge in [0, 0.05) is 6.42 Å². The zero-order valence-electron chi connectivity index (χ0n) is 26.2. The molecule has 0 saturated carbocycles. The summed E-state index contributed by atoms with van der Waals surface area (Å²) < 4.78 is 26.7. The topological polar surface area (TPSA) is 105 Å². The molecule has 0 spiro atoms. The number of esters is 1. The highest BCUT2D eigenvalue weighted by molar-refractivity contribution is 7.45. The first-order valence-corrected chi connectivity index (χ1v) is 16.9. The summed E-state index contributed by atoms with van der Waals surface area (Å²) in [7, 11) is 1.24. The summed E-state index contributed by atoms with van der Waals surface area (Å²) in [6, 6.07) is 0. The summed E-state index contributed by atoms with van der Waals surface area (Å²) >= 11 is 0. The number of phosphoric acid groups is 1. The number of hydrogen-bond donors (Lipinski definition) is 1. The summed E-state index contributed by atoms with van der Waals surface area (Å²) in [4.78, 5) is 23.6. The third kappa shape index (κ3) is 31.2. The third-order valence-corrected chi connectivity index (χ3v) is 7.06. The fourth-order valence-corrected chi connectivity index (χ4v) is 4.37. The fraction of sp³-hybridized carbons (Fsp3) is 0.719. The van der Waals surface area contributed by atoms with Gasteiger partial charge in [0.1, 0.15) is 25.9 Å². The second-order valence-corrected chi connectivity index (χ2v) is 12.7. The second kappa shape index (κ2) is 26.1. The summed E-state index contributed by atoms with van der Waals surface area (Å²) in [6.07, 6.45) is 31.0. The number of aliphatic hydroxyl groups excluding tert-OH is 1. The molecule has 0 aromatic heterocycles. The van der Waals surface area contributed by atoms with Gasteiger partial charge in [-0.15, -0.1) is 0 Å². The molecule has 0 amide bonds. The molecule has 0 saturated heterocycles. The molecule has 0 aliphatic heterocycles. The highest BCUT2D eigenvalue weighted by atomic mass is 31.2. The normalized spacial score (nSPS) is 15.0. The Labute approximate surface area is 250 Å². The molecule has 8 nitrogen and oxygen atoms in total. The molecule has 1 N–H and O–H groups in total. The summed E-state index contributed by atoms with van der Waals surface area (Å²) in [6.45, 7) is 1.81. The van der Waals surface area contributed by atoms with Crippen molar-refractivity contribution in [2.45, 2.75) is 103 Å². The maximum absolute atomic E-state index is 11.9. The Balaban J connectivity index is 3.57. The smallest absolute Gasteiger partial charge is 0.305 e. The Morgan fingerprint density at radius 1 is 0.780 bits per heavy atom. The van der Waals surface area contributed by atoms with E-state index in [2.05, 4.69) is 60.1 Å². The minimum atomic E-state index is -4.50. The standard InChI is InChI=1S/C32H58NO7P/c1-5-6-7-8-9-10-11-12-13-14-15-16-17-18-19-20-21-22-23-24-25-26-32(35)38-29-31(34)30-40-41(36,37)39-28-27-33(2,3)4/h6-7,9-10,12-13,15-16,31,34H,5,8,11,14,17-30H2,1-4H3/b7-6-,10-9-,13-12-,16-15-. The Morgan fingerprint density at radius 3 is 1.85 bits per heavy atom. The molecule has 0 bridgehead atoms. The van der Waals surface area contributed by atoms with Crippen LogP contribution in [-0.4, -0.2) is 69.2 Å². The van der Waals surface area contributed by atoms with Crippen molar-refractivity contribution in [3.8, 4) is 0 Å². The van der Waals surface area contributed by atoms with Crippen molar-refractivity contribution in [1.29, 1.82) is 0 Å². The number of hydrogen-bond acceptors (Lipinski definition) is 7. The van der Waals surface area contributed by atoms with Gasteiger partial charge < -0.3 is 28.3 Å². The van der Waals surface area contributed by atoms with E-state index < -0.39 is 26.5 Å². The average Bonchev–Trinajstić information content (AvgIpc) is 2.90. The van der Waals surface area contributed by atoms with E-state index in [0.29, 0.717) is 11.0 Å². The van der Waals surface area contributed by atoms with Crippen molar-refractivity contribution in [2.24, 2.45) is 0 Å². The van der Waals surface area contributed by atoms with Crippen molar-refractivity contribution in [1.82, 2.24) is 0 Å². The first-order chi connectivity index (χ1) is 19.6. The number of ether oxygens (including phenoxy) is 1. The Hall–Kier alpha value is -1.54. The number of nitrogens with zero attached hydrogens (tertiary/aromatic N) is 1. The van der Waals surface area contributed by atoms with Gasteiger partial charge in [0.2, 0.25) is 0 Å². The number of carbonyl (C=O) groups excluding carboxylic acids is 1. The predicted molar refractivity (Wildman–Crippen MR) is 166 cm³/mol. The first kappa shape index (κ1) is 39.5. The number of aliphatic hydroxyl groups is 1. The second-order valence-electron chi connectivity index (χ2n) is 11.3. The lowest BCUT2D eigenvalue weighted by molar-refractivity contribution is -0.870. The molecule has 0 aromatic rings. The molecule has 0 aliphatic rings. The molecule has 2 atom stereocenters. The Bertz CT molecular complexity index is 802. The molecular formula is C32H58NO7P. The van der Waals surface area contributed by atoms with Gasteiger partial charge in [0.25, 0.3) is 7.82 Å². The van der Waals surface area contributed by atoms with E-state index >= 15 is 0 Å². The summed E-state index contributed by atoms with van der Waals surface area (Å²) in [5.74, 6) is -0.399. The van der Waals surface area contributed by atoms with E-state index in [4.69, 9.17) is 9.26 Å². The number of allylic oxidation sites excluding steroid dienone is 8. The van der Waals surface area contributed by atoms with Crippen molar-refractivity contribution in [2.75, 3.05) is 47.5 Å². The lowest BCUT2D eigenvalue weighted by Gasteiger charge is -2.27. The number of carbonyl (C=O) groups is 1. The van der Waals surface area contributed by atoms with Crippen molar-refractivity contribution >= 4 is 13.8 Å². The van der Waals surface area contributed by atoms with Crippen LogP contribution in [0.15, 0.2) is 48.6 Å². The van der Waals surface area contributed by atoms with Crippen LogP contribution in [0, 0.1) is 0 Å². The first-order valence-electron chi connectivity index (χ1n) is 15.4. The van der Waals surface area contributed by atoms with Crippen LogP contribution >= 0.6 is 7.82 Å². The van der Waals surface area contributed by atoms with Crippen LogP contribution in [0.4, 0.5) is 0 Å². The van der Waals surface area contributed by atoms with E-state index in [9.17, 15) is 19.4 Å². The molecule has 0 aliphatic carbocycles. The summed E-state index contributed by atoms with van der Waals surface area (Å²) in [5, 5.41) is 9.83. The van der Waals surface area contributed by atoms with Crippen LogP contribution in [0.5, 0.6) is 0 Å². The molecule has 41 heavy (non-hydrogen) atoms. The van der Waals surface area contributed by atoms with Crippen LogP contribution in [0.25, 0.3) is 0 Å². The van der Waals surface area contributed by atoms with E-state index in [1.807, 2.05) is 21.1 Å². The average molecular weight is 600 g/mol. The molecule has 0 heterocycles. The van der Waals surface area contributed by atoms with Crippen LogP contribution in [-0.2, 0) is 23.1 Å².